The monoisotopic (exact) mass is 370 g/mol. The third-order valence-corrected chi connectivity index (χ3v) is 4.06. The van der Waals surface area contributed by atoms with Crippen LogP contribution in [0.15, 0.2) is 41.0 Å². The van der Waals surface area contributed by atoms with E-state index in [0.29, 0.717) is 29.0 Å². The fourth-order valence-electron chi connectivity index (χ4n) is 2.60. The number of amides is 1. The van der Waals surface area contributed by atoms with Crippen LogP contribution in [0.1, 0.15) is 33.1 Å². The van der Waals surface area contributed by atoms with E-state index >= 15 is 0 Å². The van der Waals surface area contributed by atoms with Gasteiger partial charge in [0.25, 0.3) is 5.91 Å². The molecule has 1 aromatic carbocycles. The van der Waals surface area contributed by atoms with Crippen LogP contribution in [0.5, 0.6) is 0 Å². The first kappa shape index (κ1) is 17.9. The van der Waals surface area contributed by atoms with Crippen LogP contribution < -0.4 is 10.6 Å². The number of nitrogens with one attached hydrogen (secondary N) is 2. The van der Waals surface area contributed by atoms with Crippen molar-refractivity contribution in [2.45, 2.75) is 27.3 Å². The number of halogens is 1. The maximum atomic E-state index is 12.4. The number of carbonyl (C=O) groups is 1. The average Bonchev–Trinajstić information content (AvgIpc) is 3.09. The Labute approximate surface area is 156 Å². The van der Waals surface area contributed by atoms with Crippen LogP contribution in [-0.2, 0) is 6.54 Å². The van der Waals surface area contributed by atoms with Gasteiger partial charge in [0.1, 0.15) is 11.5 Å². The number of furan rings is 1. The molecular weight excluding hydrogens is 352 g/mol. The van der Waals surface area contributed by atoms with E-state index in [-0.39, 0.29) is 11.6 Å². The molecule has 7 heteroatoms. The first-order chi connectivity index (χ1) is 12.4. The molecule has 2 heterocycles. The zero-order valence-corrected chi connectivity index (χ0v) is 15.5. The van der Waals surface area contributed by atoms with Gasteiger partial charge in [-0.25, -0.2) is 9.97 Å². The van der Waals surface area contributed by atoms with E-state index in [4.69, 9.17) is 16.0 Å². The van der Waals surface area contributed by atoms with Crippen molar-refractivity contribution in [3.05, 3.63) is 69.9 Å². The largest absolute Gasteiger partial charge is 0.467 e. The number of carbonyl (C=O) groups excluding carboxylic acids is 1. The number of nitrogens with zero attached hydrogens (tertiary/aromatic N) is 2. The molecule has 0 atom stereocenters. The van der Waals surface area contributed by atoms with Crippen molar-refractivity contribution in [2.24, 2.45) is 0 Å². The molecule has 0 saturated heterocycles. The Morgan fingerprint density at radius 1 is 1.19 bits per heavy atom. The fraction of sp³-hybridized carbons (Fsp3) is 0.211. The lowest BCUT2D eigenvalue weighted by Gasteiger charge is -2.12. The molecule has 3 aromatic rings. The summed E-state index contributed by atoms with van der Waals surface area (Å²) in [4.78, 5) is 21.0. The van der Waals surface area contributed by atoms with E-state index in [0.717, 1.165) is 16.8 Å². The van der Waals surface area contributed by atoms with Gasteiger partial charge in [0, 0.05) is 5.69 Å². The smallest absolute Gasteiger partial charge is 0.270 e. The first-order valence-corrected chi connectivity index (χ1v) is 8.50. The molecule has 0 aliphatic heterocycles. The zero-order chi connectivity index (χ0) is 18.7. The van der Waals surface area contributed by atoms with E-state index in [9.17, 15) is 4.79 Å². The first-order valence-electron chi connectivity index (χ1n) is 8.12. The van der Waals surface area contributed by atoms with E-state index in [1.54, 1.807) is 31.4 Å². The number of rotatable bonds is 5. The third kappa shape index (κ3) is 4.21. The quantitative estimate of drug-likeness (QED) is 0.699. The molecule has 26 heavy (non-hydrogen) atoms. The van der Waals surface area contributed by atoms with Gasteiger partial charge in [0.05, 0.1) is 23.5 Å². The Hall–Kier alpha value is -2.86. The van der Waals surface area contributed by atoms with Crippen molar-refractivity contribution in [3.63, 3.8) is 0 Å². The van der Waals surface area contributed by atoms with Crippen LogP contribution in [-0.4, -0.2) is 15.9 Å². The number of benzene rings is 1. The Balaban J connectivity index is 1.80. The van der Waals surface area contributed by atoms with Gasteiger partial charge < -0.3 is 15.1 Å². The standard InChI is InChI=1S/C19H19ClN4O2/c1-11-7-12(2)17(15(20)8-11)24-19-22-13(3)9-16(23-19)18(25)21-10-14-5-4-6-26-14/h4-9H,10H2,1-3H3,(H,21,25)(H,22,23,24). The molecule has 3 rings (SSSR count). The molecule has 0 bridgehead atoms. The van der Waals surface area contributed by atoms with E-state index in [1.165, 1.54) is 0 Å². The molecular formula is C19H19ClN4O2. The number of hydrogen-bond donors (Lipinski definition) is 2. The van der Waals surface area contributed by atoms with Crippen LogP contribution in [0, 0.1) is 20.8 Å². The van der Waals surface area contributed by atoms with E-state index in [2.05, 4.69) is 20.6 Å². The van der Waals surface area contributed by atoms with Gasteiger partial charge in [0.15, 0.2) is 0 Å². The van der Waals surface area contributed by atoms with E-state index < -0.39 is 0 Å². The van der Waals surface area contributed by atoms with Crippen molar-refractivity contribution in [2.75, 3.05) is 5.32 Å². The molecule has 0 aliphatic rings. The highest BCUT2D eigenvalue weighted by atomic mass is 35.5. The van der Waals surface area contributed by atoms with Crippen LogP contribution in [0.3, 0.4) is 0 Å². The Kier molecular flexibility index (Phi) is 5.23. The number of anilines is 2. The molecule has 0 spiro atoms. The second-order valence-electron chi connectivity index (χ2n) is 6.04. The maximum absolute atomic E-state index is 12.4. The van der Waals surface area contributed by atoms with Crippen LogP contribution in [0.2, 0.25) is 5.02 Å². The molecule has 2 N–H and O–H groups in total. The molecule has 6 nitrogen and oxygen atoms in total. The minimum Gasteiger partial charge on any atom is -0.467 e. The lowest BCUT2D eigenvalue weighted by atomic mass is 10.1. The van der Waals surface area contributed by atoms with Gasteiger partial charge in [-0.1, -0.05) is 17.7 Å². The highest BCUT2D eigenvalue weighted by Gasteiger charge is 2.13. The topological polar surface area (TPSA) is 80.0 Å². The van der Waals surface area contributed by atoms with Crippen molar-refractivity contribution in [1.29, 1.82) is 0 Å². The summed E-state index contributed by atoms with van der Waals surface area (Å²) in [6.45, 7) is 6.03. The highest BCUT2D eigenvalue weighted by molar-refractivity contribution is 6.33. The summed E-state index contributed by atoms with van der Waals surface area (Å²) in [5.74, 6) is 0.688. The summed E-state index contributed by atoms with van der Waals surface area (Å²) in [5, 5.41) is 6.47. The van der Waals surface area contributed by atoms with Gasteiger partial charge in [-0.15, -0.1) is 0 Å². The predicted molar refractivity (Wildman–Crippen MR) is 101 cm³/mol. The summed E-state index contributed by atoms with van der Waals surface area (Å²) in [6, 6.07) is 9.07. The molecule has 134 valence electrons. The molecule has 1 amide bonds. The molecule has 0 unspecified atom stereocenters. The molecule has 2 aromatic heterocycles. The van der Waals surface area contributed by atoms with Crippen LogP contribution in [0.25, 0.3) is 0 Å². The summed E-state index contributed by atoms with van der Waals surface area (Å²) >= 11 is 6.33. The lowest BCUT2D eigenvalue weighted by Crippen LogP contribution is -2.24. The van der Waals surface area contributed by atoms with E-state index in [1.807, 2.05) is 26.0 Å². The Morgan fingerprint density at radius 2 is 2.00 bits per heavy atom. The van der Waals surface area contributed by atoms with Crippen molar-refractivity contribution >= 4 is 29.1 Å². The van der Waals surface area contributed by atoms with Gasteiger partial charge in [-0.05, 0) is 56.2 Å². The predicted octanol–water partition coefficient (Wildman–Crippen LogP) is 4.32. The summed E-state index contributed by atoms with van der Waals surface area (Å²) in [5.41, 5.74) is 3.72. The number of aryl methyl sites for hydroxylation is 3. The minimum atomic E-state index is -0.304. The third-order valence-electron chi connectivity index (χ3n) is 3.76. The molecule has 0 fully saturated rings. The van der Waals surface area contributed by atoms with Gasteiger partial charge in [0.2, 0.25) is 5.95 Å². The lowest BCUT2D eigenvalue weighted by molar-refractivity contribution is 0.0943. The van der Waals surface area contributed by atoms with Gasteiger partial charge in [-0.3, -0.25) is 4.79 Å². The second-order valence-corrected chi connectivity index (χ2v) is 6.45. The summed E-state index contributed by atoms with van der Waals surface area (Å²) in [7, 11) is 0. The molecule has 0 saturated carbocycles. The molecule has 0 aliphatic carbocycles. The van der Waals surface area contributed by atoms with Gasteiger partial charge in [-0.2, -0.15) is 0 Å². The van der Waals surface area contributed by atoms with Gasteiger partial charge >= 0.3 is 0 Å². The Bertz CT molecular complexity index is 916. The van der Waals surface area contributed by atoms with Crippen LogP contribution in [0.4, 0.5) is 11.6 Å². The Morgan fingerprint density at radius 3 is 2.69 bits per heavy atom. The SMILES string of the molecule is Cc1cc(C)c(Nc2nc(C)cc(C(=O)NCc3ccco3)n2)c(Cl)c1. The van der Waals surface area contributed by atoms with Crippen molar-refractivity contribution in [1.82, 2.24) is 15.3 Å². The zero-order valence-electron chi connectivity index (χ0n) is 14.8. The molecule has 0 radical (unpaired) electrons. The number of aromatic nitrogens is 2. The summed E-state index contributed by atoms with van der Waals surface area (Å²) < 4.78 is 5.21. The summed E-state index contributed by atoms with van der Waals surface area (Å²) in [6.07, 6.45) is 1.56. The number of hydrogen-bond acceptors (Lipinski definition) is 5. The van der Waals surface area contributed by atoms with Crippen molar-refractivity contribution in [3.8, 4) is 0 Å². The fourth-order valence-corrected chi connectivity index (χ4v) is 2.97. The maximum Gasteiger partial charge on any atom is 0.270 e. The normalized spacial score (nSPS) is 10.6. The van der Waals surface area contributed by atoms with Crippen LogP contribution >= 0.6 is 11.6 Å². The van der Waals surface area contributed by atoms with Crippen molar-refractivity contribution < 1.29 is 9.21 Å². The highest BCUT2D eigenvalue weighted by Crippen LogP contribution is 2.29. The second kappa shape index (κ2) is 7.58. The minimum absolute atomic E-state index is 0.271. The average molecular weight is 371 g/mol.